The molecule has 0 atom stereocenters. The van der Waals surface area contributed by atoms with E-state index >= 15 is 0 Å². The number of aryl methyl sites for hydroxylation is 2. The van der Waals surface area contributed by atoms with Crippen LogP contribution in [0.5, 0.6) is 5.88 Å². The van der Waals surface area contributed by atoms with Crippen LogP contribution in [0.15, 0.2) is 18.3 Å². The lowest BCUT2D eigenvalue weighted by Crippen LogP contribution is -2.19. The van der Waals surface area contributed by atoms with Gasteiger partial charge in [0.05, 0.1) is 0 Å². The molecule has 0 saturated carbocycles. The van der Waals surface area contributed by atoms with E-state index in [1.165, 1.54) is 0 Å². The molecule has 2 heterocycles. The summed E-state index contributed by atoms with van der Waals surface area (Å²) in [6.45, 7) is 8.09. The molecule has 0 saturated heterocycles. The standard InChI is InChI=1S/C17H25N5O/c1-12-13(2)20-14(3)21-17(12)19-11-15-6-7-18-16(10-15)23-9-8-22(4)5/h6-7,10H,8-9,11H2,1-5H3,(H,19,20,21). The van der Waals surface area contributed by atoms with Crippen LogP contribution in [0.2, 0.25) is 0 Å². The second kappa shape index (κ2) is 7.87. The Morgan fingerprint density at radius 1 is 1.17 bits per heavy atom. The lowest BCUT2D eigenvalue weighted by atomic mass is 10.2. The topological polar surface area (TPSA) is 63.2 Å². The first-order valence-electron chi connectivity index (χ1n) is 7.74. The molecule has 0 aliphatic heterocycles. The Bertz CT molecular complexity index is 657. The van der Waals surface area contributed by atoms with E-state index < -0.39 is 0 Å². The highest BCUT2D eigenvalue weighted by Gasteiger charge is 2.06. The summed E-state index contributed by atoms with van der Waals surface area (Å²) in [6.07, 6.45) is 1.77. The minimum Gasteiger partial charge on any atom is -0.476 e. The van der Waals surface area contributed by atoms with Gasteiger partial charge in [-0.15, -0.1) is 0 Å². The monoisotopic (exact) mass is 315 g/mol. The third kappa shape index (κ3) is 5.17. The minimum absolute atomic E-state index is 0.625. The first kappa shape index (κ1) is 17.1. The molecule has 1 N–H and O–H groups in total. The van der Waals surface area contributed by atoms with Crippen molar-refractivity contribution in [3.05, 3.63) is 41.0 Å². The van der Waals surface area contributed by atoms with Gasteiger partial charge in [0.15, 0.2) is 0 Å². The number of ether oxygens (including phenoxy) is 1. The molecular weight excluding hydrogens is 290 g/mol. The fourth-order valence-electron chi connectivity index (χ4n) is 2.10. The second-order valence-corrected chi connectivity index (χ2v) is 5.84. The fourth-order valence-corrected chi connectivity index (χ4v) is 2.10. The van der Waals surface area contributed by atoms with Crippen molar-refractivity contribution in [2.75, 3.05) is 32.6 Å². The zero-order valence-electron chi connectivity index (χ0n) is 14.6. The summed E-state index contributed by atoms with van der Waals surface area (Å²) in [4.78, 5) is 15.2. The molecule has 23 heavy (non-hydrogen) atoms. The lowest BCUT2D eigenvalue weighted by molar-refractivity contribution is 0.253. The van der Waals surface area contributed by atoms with Gasteiger partial charge in [0.2, 0.25) is 5.88 Å². The van der Waals surface area contributed by atoms with Crippen molar-refractivity contribution in [3.63, 3.8) is 0 Å². The Kier molecular flexibility index (Phi) is 5.87. The highest BCUT2D eigenvalue weighted by atomic mass is 16.5. The van der Waals surface area contributed by atoms with Crippen LogP contribution in [0, 0.1) is 20.8 Å². The summed E-state index contributed by atoms with van der Waals surface area (Å²) in [5.41, 5.74) is 3.18. The summed E-state index contributed by atoms with van der Waals surface area (Å²) in [6, 6.07) is 3.93. The second-order valence-electron chi connectivity index (χ2n) is 5.84. The fraction of sp³-hybridized carbons (Fsp3) is 0.471. The summed E-state index contributed by atoms with van der Waals surface area (Å²) in [5, 5.41) is 3.37. The molecule has 0 bridgehead atoms. The van der Waals surface area contributed by atoms with Gasteiger partial charge in [-0.2, -0.15) is 0 Å². The van der Waals surface area contributed by atoms with Crippen molar-refractivity contribution in [2.24, 2.45) is 0 Å². The van der Waals surface area contributed by atoms with Crippen molar-refractivity contribution in [2.45, 2.75) is 27.3 Å². The smallest absolute Gasteiger partial charge is 0.213 e. The van der Waals surface area contributed by atoms with Crippen LogP contribution in [-0.2, 0) is 6.54 Å². The average molecular weight is 315 g/mol. The van der Waals surface area contributed by atoms with E-state index in [1.807, 2.05) is 47.0 Å². The molecule has 6 nitrogen and oxygen atoms in total. The van der Waals surface area contributed by atoms with Crippen LogP contribution in [0.1, 0.15) is 22.6 Å². The normalized spacial score (nSPS) is 10.9. The van der Waals surface area contributed by atoms with Crippen molar-refractivity contribution >= 4 is 5.82 Å². The predicted molar refractivity (Wildman–Crippen MR) is 91.9 cm³/mol. The predicted octanol–water partition coefficient (Wildman–Crippen LogP) is 2.35. The van der Waals surface area contributed by atoms with Crippen LogP contribution in [0.3, 0.4) is 0 Å². The zero-order valence-corrected chi connectivity index (χ0v) is 14.6. The number of pyridine rings is 1. The molecule has 0 amide bonds. The summed E-state index contributed by atoms with van der Waals surface area (Å²) in [7, 11) is 4.04. The number of nitrogens with one attached hydrogen (secondary N) is 1. The average Bonchev–Trinajstić information content (AvgIpc) is 2.49. The van der Waals surface area contributed by atoms with Crippen LogP contribution in [-0.4, -0.2) is 47.1 Å². The number of likely N-dealkylation sites (N-methyl/N-ethyl adjacent to an activating group) is 1. The number of rotatable bonds is 7. The van der Waals surface area contributed by atoms with Crippen LogP contribution in [0.4, 0.5) is 5.82 Å². The van der Waals surface area contributed by atoms with Crippen molar-refractivity contribution in [1.82, 2.24) is 19.9 Å². The van der Waals surface area contributed by atoms with Gasteiger partial charge in [-0.1, -0.05) is 0 Å². The van der Waals surface area contributed by atoms with E-state index in [-0.39, 0.29) is 0 Å². The largest absolute Gasteiger partial charge is 0.476 e. The summed E-state index contributed by atoms with van der Waals surface area (Å²) in [5.74, 6) is 2.30. The quantitative estimate of drug-likeness (QED) is 0.846. The number of hydrogen-bond acceptors (Lipinski definition) is 6. The highest BCUT2D eigenvalue weighted by molar-refractivity contribution is 5.46. The van der Waals surface area contributed by atoms with E-state index in [9.17, 15) is 0 Å². The number of anilines is 1. The molecule has 0 aromatic carbocycles. The van der Waals surface area contributed by atoms with E-state index in [0.29, 0.717) is 19.0 Å². The number of nitrogens with zero attached hydrogens (tertiary/aromatic N) is 4. The van der Waals surface area contributed by atoms with E-state index in [1.54, 1.807) is 6.20 Å². The van der Waals surface area contributed by atoms with Crippen molar-refractivity contribution in [3.8, 4) is 5.88 Å². The highest BCUT2D eigenvalue weighted by Crippen LogP contribution is 2.16. The Morgan fingerprint density at radius 3 is 2.70 bits per heavy atom. The molecule has 0 fully saturated rings. The van der Waals surface area contributed by atoms with E-state index in [4.69, 9.17) is 4.74 Å². The van der Waals surface area contributed by atoms with E-state index in [2.05, 4.69) is 25.2 Å². The molecule has 0 radical (unpaired) electrons. The van der Waals surface area contributed by atoms with Crippen LogP contribution in [0.25, 0.3) is 0 Å². The van der Waals surface area contributed by atoms with Gasteiger partial charge in [0, 0.05) is 36.6 Å². The third-order valence-corrected chi connectivity index (χ3v) is 3.55. The number of hydrogen-bond donors (Lipinski definition) is 1. The van der Waals surface area contributed by atoms with Crippen molar-refractivity contribution in [1.29, 1.82) is 0 Å². The molecule has 2 aromatic rings. The van der Waals surface area contributed by atoms with Crippen LogP contribution < -0.4 is 10.1 Å². The molecule has 6 heteroatoms. The minimum atomic E-state index is 0.625. The van der Waals surface area contributed by atoms with Gasteiger partial charge >= 0.3 is 0 Å². The molecule has 2 rings (SSSR count). The third-order valence-electron chi connectivity index (χ3n) is 3.55. The maximum Gasteiger partial charge on any atom is 0.213 e. The van der Waals surface area contributed by atoms with Crippen LogP contribution >= 0.6 is 0 Å². The maximum absolute atomic E-state index is 5.67. The molecule has 0 unspecified atom stereocenters. The molecule has 0 aliphatic carbocycles. The van der Waals surface area contributed by atoms with Gasteiger partial charge < -0.3 is 15.0 Å². The summed E-state index contributed by atoms with van der Waals surface area (Å²) < 4.78 is 5.67. The first-order valence-corrected chi connectivity index (χ1v) is 7.74. The van der Waals surface area contributed by atoms with Gasteiger partial charge in [-0.05, 0) is 46.5 Å². The molecule has 2 aromatic heterocycles. The summed E-state index contributed by atoms with van der Waals surface area (Å²) >= 11 is 0. The van der Waals surface area contributed by atoms with Gasteiger partial charge in [-0.25, -0.2) is 15.0 Å². The number of aromatic nitrogens is 3. The Hall–Kier alpha value is -2.21. The Balaban J connectivity index is 1.98. The van der Waals surface area contributed by atoms with Gasteiger partial charge in [0.25, 0.3) is 0 Å². The molecule has 0 aliphatic rings. The maximum atomic E-state index is 5.67. The Morgan fingerprint density at radius 2 is 1.96 bits per heavy atom. The first-order chi connectivity index (χ1) is 11.0. The lowest BCUT2D eigenvalue weighted by Gasteiger charge is -2.13. The Labute approximate surface area is 137 Å². The zero-order chi connectivity index (χ0) is 16.8. The van der Waals surface area contributed by atoms with Gasteiger partial charge in [0.1, 0.15) is 18.2 Å². The molecule has 0 spiro atoms. The van der Waals surface area contributed by atoms with E-state index in [0.717, 1.165) is 35.0 Å². The van der Waals surface area contributed by atoms with Gasteiger partial charge in [-0.3, -0.25) is 0 Å². The SMILES string of the molecule is Cc1nc(C)c(C)c(NCc2ccnc(OCCN(C)C)c2)n1. The molecule has 124 valence electrons. The van der Waals surface area contributed by atoms with Crippen molar-refractivity contribution < 1.29 is 4.74 Å². The molecular formula is C17H25N5O.